The lowest BCUT2D eigenvalue weighted by molar-refractivity contribution is 0.354. The number of rotatable bonds is 9. The van der Waals surface area contributed by atoms with Gasteiger partial charge in [-0.25, -0.2) is 25.5 Å². The Hall–Kier alpha value is -2.82. The lowest BCUT2D eigenvalue weighted by Gasteiger charge is -2.12. The molecule has 10 heteroatoms. The summed E-state index contributed by atoms with van der Waals surface area (Å²) in [5.41, 5.74) is 1.30. The van der Waals surface area contributed by atoms with E-state index in [1.165, 1.54) is 32.2 Å². The van der Waals surface area contributed by atoms with Crippen molar-refractivity contribution in [3.8, 4) is 11.5 Å². The van der Waals surface area contributed by atoms with Crippen molar-refractivity contribution in [1.29, 1.82) is 0 Å². The predicted molar refractivity (Wildman–Crippen MR) is 121 cm³/mol. The molecule has 0 bridgehead atoms. The van der Waals surface area contributed by atoms with Gasteiger partial charge in [0.25, 0.3) is 10.0 Å². The van der Waals surface area contributed by atoms with Gasteiger partial charge < -0.3 is 9.47 Å². The molecule has 0 atom stereocenters. The number of aryl methyl sites for hydroxylation is 1. The van der Waals surface area contributed by atoms with Crippen LogP contribution < -0.4 is 14.2 Å². The summed E-state index contributed by atoms with van der Waals surface area (Å²) in [7, 11) is -4.77. The molecule has 3 aromatic rings. The van der Waals surface area contributed by atoms with Crippen LogP contribution in [0.3, 0.4) is 0 Å². The van der Waals surface area contributed by atoms with Gasteiger partial charge in [-0.1, -0.05) is 24.3 Å². The summed E-state index contributed by atoms with van der Waals surface area (Å²) in [4.78, 5) is 0.0222. The molecule has 0 amide bonds. The van der Waals surface area contributed by atoms with Crippen LogP contribution in [0.15, 0.2) is 64.4 Å². The van der Waals surface area contributed by atoms with E-state index >= 15 is 0 Å². The van der Waals surface area contributed by atoms with Gasteiger partial charge in [0, 0.05) is 12.2 Å². The van der Waals surface area contributed by atoms with Crippen LogP contribution >= 0.6 is 0 Å². The largest absolute Gasteiger partial charge is 0.493 e. The Bertz CT molecular complexity index is 1310. The highest BCUT2D eigenvalue weighted by molar-refractivity contribution is 7.90. The van der Waals surface area contributed by atoms with Gasteiger partial charge in [-0.3, -0.25) is 0 Å². The van der Waals surface area contributed by atoms with E-state index in [-0.39, 0.29) is 22.0 Å². The molecule has 0 unspecified atom stereocenters. The van der Waals surface area contributed by atoms with Crippen LogP contribution in [0.2, 0.25) is 0 Å². The van der Waals surface area contributed by atoms with Crippen LogP contribution in [0.25, 0.3) is 0 Å². The van der Waals surface area contributed by atoms with Crippen LogP contribution in [0.5, 0.6) is 11.5 Å². The third-order valence-electron chi connectivity index (χ3n) is 5.05. The first-order valence-electron chi connectivity index (χ1n) is 9.82. The van der Waals surface area contributed by atoms with Gasteiger partial charge in [0.1, 0.15) is 4.90 Å². The minimum Gasteiger partial charge on any atom is -0.493 e. The van der Waals surface area contributed by atoms with Crippen LogP contribution in [0, 0.1) is 13.8 Å². The van der Waals surface area contributed by atoms with Crippen molar-refractivity contribution in [3.63, 3.8) is 0 Å². The van der Waals surface area contributed by atoms with E-state index in [0.29, 0.717) is 23.6 Å². The molecule has 2 aromatic carbocycles. The smallest absolute Gasteiger partial charge is 0.268 e. The summed E-state index contributed by atoms with van der Waals surface area (Å²) in [5.74, 6) is 1.14. The summed E-state index contributed by atoms with van der Waals surface area (Å²) < 4.78 is 66.1. The van der Waals surface area contributed by atoms with Gasteiger partial charge >= 0.3 is 0 Å². The van der Waals surface area contributed by atoms with E-state index in [9.17, 15) is 16.8 Å². The maximum Gasteiger partial charge on any atom is 0.268 e. The third kappa shape index (κ3) is 4.67. The fourth-order valence-electron chi connectivity index (χ4n) is 3.50. The number of sulfonamides is 1. The minimum absolute atomic E-state index is 0.0678. The Labute approximate surface area is 188 Å². The van der Waals surface area contributed by atoms with Crippen LogP contribution in [-0.4, -0.2) is 41.6 Å². The second-order valence-electron chi connectivity index (χ2n) is 7.15. The number of methoxy groups -OCH3 is 2. The van der Waals surface area contributed by atoms with Gasteiger partial charge in [0.05, 0.1) is 24.8 Å². The average molecular weight is 479 g/mol. The molecule has 8 nitrogen and oxygen atoms in total. The molecule has 0 spiro atoms. The number of nitrogens with zero attached hydrogens (tertiary/aromatic N) is 1. The van der Waals surface area contributed by atoms with Gasteiger partial charge in [-0.05, 0) is 56.2 Å². The number of nitrogens with one attached hydrogen (secondary N) is 1. The highest BCUT2D eigenvalue weighted by Gasteiger charge is 2.27. The first-order chi connectivity index (χ1) is 15.1. The monoisotopic (exact) mass is 478 g/mol. The van der Waals surface area contributed by atoms with E-state index in [2.05, 4.69) is 4.72 Å². The van der Waals surface area contributed by atoms with Gasteiger partial charge in [0.2, 0.25) is 10.0 Å². The van der Waals surface area contributed by atoms with Crippen molar-refractivity contribution < 1.29 is 26.3 Å². The number of hydrogen-bond donors (Lipinski definition) is 1. The zero-order chi connectivity index (χ0) is 23.5. The van der Waals surface area contributed by atoms with E-state index in [4.69, 9.17) is 9.47 Å². The first-order valence-corrected chi connectivity index (χ1v) is 12.7. The molecular weight excluding hydrogens is 452 g/mol. The molecule has 0 aliphatic heterocycles. The average Bonchev–Trinajstić information content (AvgIpc) is 3.09. The molecule has 1 N–H and O–H groups in total. The molecular formula is C22H26N2O6S2. The van der Waals surface area contributed by atoms with Gasteiger partial charge in [0.15, 0.2) is 11.5 Å². The number of aromatic nitrogens is 1. The van der Waals surface area contributed by atoms with Crippen molar-refractivity contribution >= 4 is 20.0 Å². The van der Waals surface area contributed by atoms with Gasteiger partial charge in [-0.15, -0.1) is 0 Å². The molecule has 0 saturated carbocycles. The summed E-state index contributed by atoms with van der Waals surface area (Å²) in [5, 5.41) is 0. The second-order valence-corrected chi connectivity index (χ2v) is 10.7. The fourth-order valence-corrected chi connectivity index (χ4v) is 6.49. The fraction of sp³-hybridized carbons (Fsp3) is 0.273. The Morgan fingerprint density at radius 1 is 0.875 bits per heavy atom. The molecule has 3 rings (SSSR count). The summed E-state index contributed by atoms with van der Waals surface area (Å²) >= 11 is 0. The van der Waals surface area contributed by atoms with Crippen LogP contribution in [0.1, 0.15) is 17.0 Å². The van der Waals surface area contributed by atoms with E-state index in [0.717, 1.165) is 9.54 Å². The summed E-state index contributed by atoms with van der Waals surface area (Å²) in [6.45, 7) is 3.18. The van der Waals surface area contributed by atoms with Crippen molar-refractivity contribution in [2.24, 2.45) is 0 Å². The van der Waals surface area contributed by atoms with Crippen molar-refractivity contribution in [1.82, 2.24) is 8.69 Å². The molecule has 0 fully saturated rings. The Morgan fingerprint density at radius 3 is 2.16 bits per heavy atom. The molecule has 0 radical (unpaired) electrons. The molecule has 0 aliphatic rings. The number of hydrogen-bond acceptors (Lipinski definition) is 6. The Kier molecular flexibility index (Phi) is 6.97. The zero-order valence-electron chi connectivity index (χ0n) is 18.3. The van der Waals surface area contributed by atoms with Crippen molar-refractivity contribution in [3.05, 3.63) is 71.5 Å². The zero-order valence-corrected chi connectivity index (χ0v) is 20.0. The lowest BCUT2D eigenvalue weighted by Crippen LogP contribution is -2.26. The van der Waals surface area contributed by atoms with Gasteiger partial charge in [-0.2, -0.15) is 0 Å². The normalized spacial score (nSPS) is 12.0. The van der Waals surface area contributed by atoms with Crippen molar-refractivity contribution in [2.75, 3.05) is 20.8 Å². The molecule has 32 heavy (non-hydrogen) atoms. The molecule has 0 saturated heterocycles. The first kappa shape index (κ1) is 23.8. The molecule has 1 heterocycles. The van der Waals surface area contributed by atoms with Crippen LogP contribution in [-0.2, 0) is 26.5 Å². The molecule has 1 aromatic heterocycles. The molecule has 0 aliphatic carbocycles. The lowest BCUT2D eigenvalue weighted by atomic mass is 10.1. The maximum atomic E-state index is 13.1. The summed E-state index contributed by atoms with van der Waals surface area (Å²) in [6, 6.07) is 14.6. The number of ether oxygens (including phenoxy) is 2. The third-order valence-corrected chi connectivity index (χ3v) is 8.53. The topological polar surface area (TPSA) is 104 Å². The standard InChI is InChI=1S/C22H26N2O6S2/c1-16-14-22(17(2)24(16)32(27,28)19-8-6-5-7-9-19)31(25,26)23-13-12-18-10-11-20(29-3)21(15-18)30-4/h5-11,14-15,23H,12-13H2,1-4H3. The van der Waals surface area contributed by atoms with E-state index in [1.807, 2.05) is 6.07 Å². The van der Waals surface area contributed by atoms with E-state index < -0.39 is 20.0 Å². The van der Waals surface area contributed by atoms with E-state index in [1.54, 1.807) is 44.4 Å². The highest BCUT2D eigenvalue weighted by atomic mass is 32.2. The quantitative estimate of drug-likeness (QED) is 0.507. The second kappa shape index (κ2) is 9.35. The predicted octanol–water partition coefficient (Wildman–Crippen LogP) is 2.88. The minimum atomic E-state index is -3.92. The van der Waals surface area contributed by atoms with Crippen LogP contribution in [0.4, 0.5) is 0 Å². The molecule has 172 valence electrons. The highest BCUT2D eigenvalue weighted by Crippen LogP contribution is 2.28. The number of benzene rings is 2. The Balaban J connectivity index is 1.82. The maximum absolute atomic E-state index is 13.1. The summed E-state index contributed by atoms with van der Waals surface area (Å²) in [6.07, 6.45) is 0.417. The SMILES string of the molecule is COc1ccc(CCNS(=O)(=O)c2cc(C)n(S(=O)(=O)c3ccccc3)c2C)cc1OC. The Morgan fingerprint density at radius 2 is 1.53 bits per heavy atom. The van der Waals surface area contributed by atoms with Crippen molar-refractivity contribution in [2.45, 2.75) is 30.1 Å².